The number of aryl methyl sites for hydroxylation is 1. The second kappa shape index (κ2) is 5.54. The van der Waals surface area contributed by atoms with Gasteiger partial charge in [-0.05, 0) is 42.4 Å². The molecule has 1 aromatic rings. The molecule has 0 bridgehead atoms. The monoisotopic (exact) mass is 277 g/mol. The average Bonchev–Trinajstić information content (AvgIpc) is 2.55. The number of nitrogens with one attached hydrogen (secondary N) is 1. The molecule has 0 saturated heterocycles. The van der Waals surface area contributed by atoms with E-state index in [1.807, 2.05) is 6.07 Å². The Morgan fingerprint density at radius 3 is 2.89 bits per heavy atom. The molecule has 1 unspecified atom stereocenters. The summed E-state index contributed by atoms with van der Waals surface area (Å²) in [6, 6.07) is 6.20. The van der Waals surface area contributed by atoms with Crippen LogP contribution < -0.4 is 5.32 Å². The zero-order valence-corrected chi connectivity index (χ0v) is 11.9. The summed E-state index contributed by atoms with van der Waals surface area (Å²) < 4.78 is 0. The van der Waals surface area contributed by atoms with Crippen LogP contribution in [-0.4, -0.2) is 12.5 Å². The van der Waals surface area contributed by atoms with E-state index in [-0.39, 0.29) is 11.3 Å². The van der Waals surface area contributed by atoms with Gasteiger partial charge in [-0.15, -0.1) is 11.6 Å². The van der Waals surface area contributed by atoms with Crippen molar-refractivity contribution >= 4 is 17.5 Å². The van der Waals surface area contributed by atoms with E-state index in [1.54, 1.807) is 0 Å². The molecule has 102 valence electrons. The lowest BCUT2D eigenvalue weighted by Crippen LogP contribution is -2.22. The van der Waals surface area contributed by atoms with Crippen LogP contribution >= 0.6 is 11.6 Å². The first kappa shape index (κ1) is 13.0. The van der Waals surface area contributed by atoms with E-state index >= 15 is 0 Å². The molecule has 3 heteroatoms. The van der Waals surface area contributed by atoms with Crippen molar-refractivity contribution in [1.82, 2.24) is 5.32 Å². The van der Waals surface area contributed by atoms with Crippen LogP contribution in [0.5, 0.6) is 0 Å². The van der Waals surface area contributed by atoms with Crippen molar-refractivity contribution in [3.63, 3.8) is 0 Å². The number of hydrogen-bond acceptors (Lipinski definition) is 1. The number of fused-ring (bicyclic) bond motifs is 1. The number of amides is 1. The summed E-state index contributed by atoms with van der Waals surface area (Å²) in [4.78, 5) is 12.0. The molecule has 1 N–H and O–H groups in total. The molecular weight excluding hydrogens is 258 g/mol. The van der Waals surface area contributed by atoms with Gasteiger partial charge >= 0.3 is 0 Å². The van der Waals surface area contributed by atoms with Crippen molar-refractivity contribution in [1.29, 1.82) is 0 Å². The maximum atomic E-state index is 12.0. The lowest BCUT2D eigenvalue weighted by atomic mass is 9.81. The smallest absolute Gasteiger partial charge is 0.251 e. The Morgan fingerprint density at radius 2 is 2.16 bits per heavy atom. The van der Waals surface area contributed by atoms with Gasteiger partial charge in [0.2, 0.25) is 0 Å². The van der Waals surface area contributed by atoms with E-state index in [2.05, 4.69) is 17.4 Å². The van der Waals surface area contributed by atoms with Crippen LogP contribution in [0.4, 0.5) is 0 Å². The van der Waals surface area contributed by atoms with Crippen LogP contribution in [0.1, 0.15) is 59.0 Å². The molecule has 2 aliphatic rings. The molecule has 1 aliphatic carbocycles. The molecule has 3 rings (SSSR count). The van der Waals surface area contributed by atoms with E-state index in [9.17, 15) is 4.79 Å². The van der Waals surface area contributed by atoms with Crippen molar-refractivity contribution in [3.05, 3.63) is 34.9 Å². The minimum absolute atomic E-state index is 0.0478. The molecule has 1 atom stereocenters. The fourth-order valence-corrected chi connectivity index (χ4v) is 3.34. The molecule has 1 fully saturated rings. The van der Waals surface area contributed by atoms with Gasteiger partial charge in [0.1, 0.15) is 0 Å². The van der Waals surface area contributed by atoms with Crippen molar-refractivity contribution in [2.75, 3.05) is 6.54 Å². The number of carbonyl (C=O) groups is 1. The summed E-state index contributed by atoms with van der Waals surface area (Å²) >= 11 is 6.51. The highest BCUT2D eigenvalue weighted by atomic mass is 35.5. The molecule has 0 spiro atoms. The second-order valence-electron chi connectivity index (χ2n) is 5.78. The molecular formula is C16H20ClNO. The van der Waals surface area contributed by atoms with Gasteiger partial charge < -0.3 is 5.32 Å². The lowest BCUT2D eigenvalue weighted by Gasteiger charge is -2.27. The van der Waals surface area contributed by atoms with Crippen LogP contribution in [-0.2, 0) is 6.42 Å². The van der Waals surface area contributed by atoms with Crippen molar-refractivity contribution < 1.29 is 4.79 Å². The third-order valence-corrected chi connectivity index (χ3v) is 4.84. The maximum Gasteiger partial charge on any atom is 0.251 e. The zero-order chi connectivity index (χ0) is 13.2. The first-order chi connectivity index (χ1) is 9.24. The minimum Gasteiger partial charge on any atom is -0.352 e. The highest BCUT2D eigenvalue weighted by Gasteiger charge is 2.23. The molecule has 1 saturated carbocycles. The summed E-state index contributed by atoms with van der Waals surface area (Å²) in [7, 11) is 0. The molecule has 1 aliphatic heterocycles. The first-order valence-corrected chi connectivity index (χ1v) is 7.73. The lowest BCUT2D eigenvalue weighted by molar-refractivity contribution is 0.0956. The van der Waals surface area contributed by atoms with E-state index < -0.39 is 0 Å². The third-order valence-electron chi connectivity index (χ3n) is 4.41. The Balaban J connectivity index is 1.80. The number of hydrogen-bond donors (Lipinski definition) is 1. The normalized spacial score (nSPS) is 21.0. The van der Waals surface area contributed by atoms with Crippen LogP contribution in [0, 0.1) is 5.92 Å². The average molecular weight is 278 g/mol. The van der Waals surface area contributed by atoms with Crippen molar-refractivity contribution in [2.45, 2.75) is 43.9 Å². The highest BCUT2D eigenvalue weighted by molar-refractivity contribution is 6.20. The first-order valence-electron chi connectivity index (χ1n) is 7.29. The third kappa shape index (κ3) is 2.79. The van der Waals surface area contributed by atoms with Gasteiger partial charge in [0.15, 0.2) is 0 Å². The van der Waals surface area contributed by atoms with E-state index in [0.717, 1.165) is 48.4 Å². The van der Waals surface area contributed by atoms with Gasteiger partial charge in [0.05, 0.1) is 5.38 Å². The summed E-state index contributed by atoms with van der Waals surface area (Å²) in [6.45, 7) is 0.773. The zero-order valence-electron chi connectivity index (χ0n) is 11.1. The van der Waals surface area contributed by atoms with Crippen LogP contribution in [0.2, 0.25) is 0 Å². The van der Waals surface area contributed by atoms with Gasteiger partial charge in [-0.25, -0.2) is 0 Å². The predicted molar refractivity (Wildman–Crippen MR) is 77.6 cm³/mol. The number of carbonyl (C=O) groups excluding carboxylic acids is 1. The molecule has 1 aromatic carbocycles. The van der Waals surface area contributed by atoms with Crippen molar-refractivity contribution in [2.24, 2.45) is 5.92 Å². The van der Waals surface area contributed by atoms with E-state index in [1.165, 1.54) is 19.3 Å². The van der Waals surface area contributed by atoms with Gasteiger partial charge in [0, 0.05) is 12.1 Å². The number of benzene rings is 1. The van der Waals surface area contributed by atoms with Gasteiger partial charge in [-0.3, -0.25) is 4.79 Å². The maximum absolute atomic E-state index is 12.0. The Hall–Kier alpha value is -1.02. The summed E-state index contributed by atoms with van der Waals surface area (Å²) in [5, 5.41) is 3.00. The minimum atomic E-state index is 0.0478. The topological polar surface area (TPSA) is 29.1 Å². The molecule has 0 aromatic heterocycles. The standard InChI is InChI=1S/C16H20ClNO/c17-15(9-11-3-1-4-11)13-7-6-12-5-2-8-18-16(19)14(12)10-13/h6-7,10-11,15H,1-5,8-9H2,(H,18,19). The molecule has 1 amide bonds. The number of rotatable bonds is 3. The summed E-state index contributed by atoms with van der Waals surface area (Å²) in [5.74, 6) is 0.844. The Kier molecular flexibility index (Phi) is 3.79. The highest BCUT2D eigenvalue weighted by Crippen LogP contribution is 2.38. The largest absolute Gasteiger partial charge is 0.352 e. The Labute approximate surface area is 119 Å². The molecule has 0 radical (unpaired) electrons. The van der Waals surface area contributed by atoms with Gasteiger partial charge in [-0.2, -0.15) is 0 Å². The molecule has 1 heterocycles. The van der Waals surface area contributed by atoms with Crippen molar-refractivity contribution in [3.8, 4) is 0 Å². The van der Waals surface area contributed by atoms with Gasteiger partial charge in [-0.1, -0.05) is 31.4 Å². The molecule has 2 nitrogen and oxygen atoms in total. The van der Waals surface area contributed by atoms with Crippen LogP contribution in [0.3, 0.4) is 0 Å². The second-order valence-corrected chi connectivity index (χ2v) is 6.30. The van der Waals surface area contributed by atoms with Crippen LogP contribution in [0.15, 0.2) is 18.2 Å². The number of alkyl halides is 1. The SMILES string of the molecule is O=C1NCCCc2ccc(C(Cl)CC3CCC3)cc21. The quantitative estimate of drug-likeness (QED) is 0.836. The Morgan fingerprint density at radius 1 is 1.32 bits per heavy atom. The summed E-state index contributed by atoms with van der Waals surface area (Å²) in [5.41, 5.74) is 3.09. The van der Waals surface area contributed by atoms with E-state index in [4.69, 9.17) is 11.6 Å². The fraction of sp³-hybridized carbons (Fsp3) is 0.562. The van der Waals surface area contributed by atoms with E-state index in [0.29, 0.717) is 0 Å². The predicted octanol–water partition coefficient (Wildman–Crippen LogP) is 3.83. The Bertz CT molecular complexity index is 482. The van der Waals surface area contributed by atoms with Crippen LogP contribution in [0.25, 0.3) is 0 Å². The number of halogens is 1. The summed E-state index contributed by atoms with van der Waals surface area (Å²) in [6.07, 6.45) is 7.01. The fourth-order valence-electron chi connectivity index (χ4n) is 2.95. The van der Waals surface area contributed by atoms with Gasteiger partial charge in [0.25, 0.3) is 5.91 Å². The molecule has 19 heavy (non-hydrogen) atoms.